The number of anilines is 1. The molecule has 1 N–H and O–H groups in total. The van der Waals surface area contributed by atoms with E-state index >= 15 is 0 Å². The third kappa shape index (κ3) is 6.39. The van der Waals surface area contributed by atoms with Gasteiger partial charge in [-0.15, -0.1) is 6.42 Å². The van der Waals surface area contributed by atoms with Crippen molar-refractivity contribution in [2.45, 2.75) is 39.7 Å². The number of esters is 1. The summed E-state index contributed by atoms with van der Waals surface area (Å²) < 4.78 is 25.0. The zero-order chi connectivity index (χ0) is 28.1. The number of ether oxygens (including phenoxy) is 2. The molecule has 4 aromatic rings. The van der Waals surface area contributed by atoms with E-state index in [1.807, 2.05) is 24.3 Å². The molecule has 0 aliphatic heterocycles. The number of terminal acetylenes is 1. The molecule has 39 heavy (non-hydrogen) atoms. The van der Waals surface area contributed by atoms with Gasteiger partial charge in [-0.1, -0.05) is 44.0 Å². The first kappa shape index (κ1) is 27.3. The Labute approximate surface area is 226 Å². The summed E-state index contributed by atoms with van der Waals surface area (Å²) in [5, 5.41) is 3.34. The third-order valence-electron chi connectivity index (χ3n) is 5.83. The number of amides is 1. The maximum atomic E-state index is 14.3. The van der Waals surface area contributed by atoms with Crippen LogP contribution in [0.1, 0.15) is 60.2 Å². The topological polar surface area (TPSA) is 90.4 Å². The average molecular weight is 526 g/mol. The molecule has 0 bridgehead atoms. The minimum absolute atomic E-state index is 0.0987. The molecule has 0 fully saturated rings. The van der Waals surface area contributed by atoms with Crippen LogP contribution < -0.4 is 10.1 Å². The number of fused-ring (bicyclic) bond motifs is 1. The second-order valence-electron chi connectivity index (χ2n) is 9.45. The summed E-state index contributed by atoms with van der Waals surface area (Å²) >= 11 is 0. The van der Waals surface area contributed by atoms with E-state index in [4.69, 9.17) is 15.9 Å². The molecular formula is C31H28FN3O4. The van der Waals surface area contributed by atoms with Crippen molar-refractivity contribution in [1.82, 2.24) is 9.97 Å². The number of rotatable bonds is 8. The molecule has 0 aliphatic rings. The SMILES string of the molecule is C#CCOc1ccc2nc(C(=O)Nc3ccc(F)c(C(=O)OC(C)C)c3)nc(-c3ccc(C(C)C)cc3)c2c1. The number of hydrogen-bond acceptors (Lipinski definition) is 6. The van der Waals surface area contributed by atoms with Gasteiger partial charge in [0.15, 0.2) is 0 Å². The van der Waals surface area contributed by atoms with Crippen LogP contribution in [-0.4, -0.2) is 34.6 Å². The molecule has 0 saturated carbocycles. The second-order valence-corrected chi connectivity index (χ2v) is 9.45. The van der Waals surface area contributed by atoms with E-state index in [1.165, 1.54) is 12.1 Å². The summed E-state index contributed by atoms with van der Waals surface area (Å²) in [6, 6.07) is 16.8. The van der Waals surface area contributed by atoms with Crippen molar-refractivity contribution in [3.05, 3.63) is 83.4 Å². The first-order valence-corrected chi connectivity index (χ1v) is 12.5. The number of halogens is 1. The normalized spacial score (nSPS) is 10.9. The largest absolute Gasteiger partial charge is 0.481 e. The number of aromatic nitrogens is 2. The second kappa shape index (κ2) is 11.7. The Morgan fingerprint density at radius 3 is 2.41 bits per heavy atom. The predicted molar refractivity (Wildman–Crippen MR) is 148 cm³/mol. The lowest BCUT2D eigenvalue weighted by atomic mass is 9.99. The number of carbonyl (C=O) groups excluding carboxylic acids is 2. The summed E-state index contributed by atoms with van der Waals surface area (Å²) in [4.78, 5) is 34.6. The Balaban J connectivity index is 1.74. The molecule has 1 aromatic heterocycles. The van der Waals surface area contributed by atoms with Crippen LogP contribution in [0.2, 0.25) is 0 Å². The van der Waals surface area contributed by atoms with Gasteiger partial charge in [0, 0.05) is 16.6 Å². The predicted octanol–water partition coefficient (Wildman–Crippen LogP) is 6.39. The van der Waals surface area contributed by atoms with Gasteiger partial charge >= 0.3 is 5.97 Å². The van der Waals surface area contributed by atoms with E-state index in [1.54, 1.807) is 32.0 Å². The van der Waals surface area contributed by atoms with Crippen molar-refractivity contribution in [2.24, 2.45) is 0 Å². The Morgan fingerprint density at radius 1 is 1.00 bits per heavy atom. The maximum absolute atomic E-state index is 14.3. The number of benzene rings is 3. The molecule has 0 spiro atoms. The molecule has 0 radical (unpaired) electrons. The summed E-state index contributed by atoms with van der Waals surface area (Å²) in [5.41, 5.74) is 2.91. The fourth-order valence-electron chi connectivity index (χ4n) is 3.89. The molecule has 1 amide bonds. The molecule has 0 atom stereocenters. The lowest BCUT2D eigenvalue weighted by Crippen LogP contribution is -2.18. The molecular weight excluding hydrogens is 497 g/mol. The first-order chi connectivity index (χ1) is 18.7. The van der Waals surface area contributed by atoms with Gasteiger partial charge in [0.2, 0.25) is 5.82 Å². The highest BCUT2D eigenvalue weighted by atomic mass is 19.1. The standard InChI is InChI=1S/C31H28FN3O4/c1-6-15-38-23-12-14-27-25(17-23)28(21-9-7-20(8-10-21)18(2)3)35-29(34-27)30(36)33-22-11-13-26(32)24(16-22)31(37)39-19(4)5/h1,7-14,16-19H,15H2,2-5H3,(H,33,36). The van der Waals surface area contributed by atoms with Crippen LogP contribution >= 0.6 is 0 Å². The molecule has 7 nitrogen and oxygen atoms in total. The van der Waals surface area contributed by atoms with Crippen LogP contribution in [0.4, 0.5) is 10.1 Å². The summed E-state index contributed by atoms with van der Waals surface area (Å²) in [6.07, 6.45) is 4.91. The minimum atomic E-state index is -0.824. The molecule has 198 valence electrons. The third-order valence-corrected chi connectivity index (χ3v) is 5.83. The van der Waals surface area contributed by atoms with E-state index in [2.05, 4.69) is 35.1 Å². The zero-order valence-corrected chi connectivity index (χ0v) is 22.1. The lowest BCUT2D eigenvalue weighted by Gasteiger charge is -2.13. The van der Waals surface area contributed by atoms with Gasteiger partial charge in [0.05, 0.1) is 22.9 Å². The lowest BCUT2D eigenvalue weighted by molar-refractivity contribution is 0.0372. The van der Waals surface area contributed by atoms with Crippen molar-refractivity contribution in [3.8, 4) is 29.4 Å². The maximum Gasteiger partial charge on any atom is 0.341 e. The van der Waals surface area contributed by atoms with E-state index in [-0.39, 0.29) is 23.7 Å². The summed E-state index contributed by atoms with van der Waals surface area (Å²) in [7, 11) is 0. The van der Waals surface area contributed by atoms with Crippen LogP contribution in [0, 0.1) is 18.2 Å². The summed E-state index contributed by atoms with van der Waals surface area (Å²) in [5.74, 6) is 1.04. The summed E-state index contributed by atoms with van der Waals surface area (Å²) in [6.45, 7) is 7.65. The van der Waals surface area contributed by atoms with Gasteiger partial charge in [-0.2, -0.15) is 0 Å². The Kier molecular flexibility index (Phi) is 8.21. The van der Waals surface area contributed by atoms with E-state index in [0.717, 1.165) is 17.2 Å². The van der Waals surface area contributed by atoms with Crippen LogP contribution in [0.5, 0.6) is 5.75 Å². The molecule has 3 aromatic carbocycles. The zero-order valence-electron chi connectivity index (χ0n) is 22.1. The number of carbonyl (C=O) groups is 2. The highest BCUT2D eigenvalue weighted by molar-refractivity contribution is 6.05. The number of nitrogens with zero attached hydrogens (tertiary/aromatic N) is 2. The van der Waals surface area contributed by atoms with Crippen LogP contribution in [-0.2, 0) is 4.74 Å². The minimum Gasteiger partial charge on any atom is -0.481 e. The molecule has 4 rings (SSSR count). The van der Waals surface area contributed by atoms with Gasteiger partial charge in [0.1, 0.15) is 18.2 Å². The number of nitrogens with one attached hydrogen (secondary N) is 1. The fourth-order valence-corrected chi connectivity index (χ4v) is 3.89. The smallest absolute Gasteiger partial charge is 0.341 e. The van der Waals surface area contributed by atoms with Crippen molar-refractivity contribution in [2.75, 3.05) is 11.9 Å². The molecule has 8 heteroatoms. The van der Waals surface area contributed by atoms with Crippen LogP contribution in [0.3, 0.4) is 0 Å². The van der Waals surface area contributed by atoms with Gasteiger partial charge in [-0.05, 0) is 61.7 Å². The highest BCUT2D eigenvalue weighted by Crippen LogP contribution is 2.30. The Morgan fingerprint density at radius 2 is 1.74 bits per heavy atom. The highest BCUT2D eigenvalue weighted by Gasteiger charge is 2.19. The van der Waals surface area contributed by atoms with Gasteiger partial charge in [-0.25, -0.2) is 19.2 Å². The quantitative estimate of drug-likeness (QED) is 0.212. The monoisotopic (exact) mass is 525 g/mol. The Bertz CT molecular complexity index is 1570. The molecule has 0 saturated heterocycles. The van der Waals surface area contributed by atoms with Crippen molar-refractivity contribution in [3.63, 3.8) is 0 Å². The van der Waals surface area contributed by atoms with Crippen LogP contribution in [0.25, 0.3) is 22.2 Å². The Hall–Kier alpha value is -4.77. The van der Waals surface area contributed by atoms with E-state index in [9.17, 15) is 14.0 Å². The van der Waals surface area contributed by atoms with Gasteiger partial charge in [0.25, 0.3) is 5.91 Å². The van der Waals surface area contributed by atoms with Gasteiger partial charge in [-0.3, -0.25) is 4.79 Å². The number of hydrogen-bond donors (Lipinski definition) is 1. The van der Waals surface area contributed by atoms with Crippen molar-refractivity contribution < 1.29 is 23.5 Å². The van der Waals surface area contributed by atoms with Crippen molar-refractivity contribution >= 4 is 28.5 Å². The van der Waals surface area contributed by atoms with Gasteiger partial charge < -0.3 is 14.8 Å². The first-order valence-electron chi connectivity index (χ1n) is 12.5. The van der Waals surface area contributed by atoms with Crippen LogP contribution in [0.15, 0.2) is 60.7 Å². The average Bonchev–Trinajstić information content (AvgIpc) is 2.91. The molecule has 1 heterocycles. The molecule has 0 unspecified atom stereocenters. The fraction of sp³-hybridized carbons (Fsp3) is 0.226. The van der Waals surface area contributed by atoms with E-state index < -0.39 is 23.8 Å². The molecule has 0 aliphatic carbocycles. The van der Waals surface area contributed by atoms with E-state index in [0.29, 0.717) is 28.3 Å². The van der Waals surface area contributed by atoms with Crippen molar-refractivity contribution in [1.29, 1.82) is 0 Å².